The maximum absolute atomic E-state index is 2.51. The second kappa shape index (κ2) is 6.73. The van der Waals surface area contributed by atoms with Gasteiger partial charge in [0.05, 0.1) is 0 Å². The summed E-state index contributed by atoms with van der Waals surface area (Å²) in [6, 6.07) is 0. The summed E-state index contributed by atoms with van der Waals surface area (Å²) < 4.78 is -0.628. The third-order valence-electron chi connectivity index (χ3n) is 2.09. The Morgan fingerprint density at radius 3 is 1.07 bits per heavy atom. The summed E-state index contributed by atoms with van der Waals surface area (Å²) in [4.78, 5) is 0. The molecular formula is C12H27PTe. The molecule has 0 aliphatic rings. The molecule has 14 heavy (non-hydrogen) atoms. The molecule has 0 rings (SSSR count). The van der Waals surface area contributed by atoms with E-state index in [2.05, 4.69) is 62.8 Å². The van der Waals surface area contributed by atoms with Crippen LogP contribution in [-0.4, -0.2) is 39.7 Å². The fourth-order valence-corrected chi connectivity index (χ4v) is 14.3. The average Bonchev–Trinajstić information content (AvgIpc) is 1.76. The average molecular weight is 330 g/mol. The monoisotopic (exact) mass is 332 g/mol. The van der Waals surface area contributed by atoms with Gasteiger partial charge in [0.2, 0.25) is 0 Å². The molecule has 0 aliphatic heterocycles. The molecular weight excluding hydrogens is 303 g/mol. The molecule has 2 heteroatoms. The van der Waals surface area contributed by atoms with Crippen molar-refractivity contribution in [2.24, 2.45) is 17.8 Å². The van der Waals surface area contributed by atoms with E-state index in [4.69, 9.17) is 0 Å². The number of rotatable bonds is 6. The summed E-state index contributed by atoms with van der Waals surface area (Å²) in [5.74, 6) is 2.65. The van der Waals surface area contributed by atoms with E-state index in [9.17, 15) is 0 Å². The molecule has 0 aromatic carbocycles. The molecule has 0 radical (unpaired) electrons. The van der Waals surface area contributed by atoms with Gasteiger partial charge >= 0.3 is 104 Å². The summed E-state index contributed by atoms with van der Waals surface area (Å²) in [6.07, 6.45) is 4.48. The van der Waals surface area contributed by atoms with E-state index >= 15 is 0 Å². The molecule has 0 aromatic heterocycles. The molecule has 0 atom stereocenters. The molecule has 0 aromatic rings. The molecule has 0 spiro atoms. The summed E-state index contributed by atoms with van der Waals surface area (Å²) in [5, 5.41) is 0. The van der Waals surface area contributed by atoms with Crippen molar-refractivity contribution in [1.29, 1.82) is 0 Å². The first-order valence-corrected chi connectivity index (χ1v) is 11.2. The Morgan fingerprint density at radius 2 is 0.929 bits per heavy atom. The molecule has 0 heterocycles. The van der Waals surface area contributed by atoms with E-state index in [1.165, 1.54) is 18.5 Å². The maximum atomic E-state index is 2.51. The van der Waals surface area contributed by atoms with Crippen LogP contribution in [0, 0.1) is 17.8 Å². The summed E-state index contributed by atoms with van der Waals surface area (Å²) in [7, 11) is 0. The van der Waals surface area contributed by atoms with Gasteiger partial charge in [0.1, 0.15) is 0 Å². The first-order valence-electron chi connectivity index (χ1n) is 5.82. The third-order valence-corrected chi connectivity index (χ3v) is 10.1. The predicted octanol–water partition coefficient (Wildman–Crippen LogP) is 4.06. The summed E-state index contributed by atoms with van der Waals surface area (Å²) in [5.41, 5.74) is 0. The topological polar surface area (TPSA) is 0 Å². The standard InChI is InChI=1S/C12H27PTe/c1-10(2)7-13(14,8-11(3)4)9-12(5)6/h10-12H,7-9H2,1-6H3. The fourth-order valence-electron chi connectivity index (χ4n) is 2.22. The van der Waals surface area contributed by atoms with Gasteiger partial charge in [-0.15, -0.1) is 0 Å². The van der Waals surface area contributed by atoms with E-state index < -0.39 is 4.49 Å². The predicted molar refractivity (Wildman–Crippen MR) is 71.8 cm³/mol. The molecule has 0 amide bonds. The SMILES string of the molecule is CC(C)CP(=[Te])(CC(C)C)CC(C)C. The van der Waals surface area contributed by atoms with Crippen molar-refractivity contribution in [1.82, 2.24) is 0 Å². The van der Waals surface area contributed by atoms with Crippen LogP contribution in [0.1, 0.15) is 41.5 Å². The Labute approximate surface area is 103 Å². The number of hydrogen-bond donors (Lipinski definition) is 0. The minimum absolute atomic E-state index is 0.628. The minimum atomic E-state index is -0.628. The fraction of sp³-hybridized carbons (Fsp3) is 1.00. The van der Waals surface area contributed by atoms with Crippen LogP contribution in [0.5, 0.6) is 0 Å². The Balaban J connectivity index is 4.41. The van der Waals surface area contributed by atoms with Gasteiger partial charge < -0.3 is 0 Å². The van der Waals surface area contributed by atoms with Gasteiger partial charge in [-0.1, -0.05) is 0 Å². The second-order valence-corrected chi connectivity index (χ2v) is 15.6. The molecule has 0 aliphatic carbocycles. The van der Waals surface area contributed by atoms with E-state index in [1.54, 1.807) is 0 Å². The van der Waals surface area contributed by atoms with Crippen molar-refractivity contribution in [3.8, 4) is 0 Å². The quantitative estimate of drug-likeness (QED) is 0.509. The molecule has 0 fully saturated rings. The van der Waals surface area contributed by atoms with Crippen molar-refractivity contribution in [3.63, 3.8) is 0 Å². The van der Waals surface area contributed by atoms with Crippen LogP contribution < -0.4 is 0 Å². The van der Waals surface area contributed by atoms with Gasteiger partial charge in [0.15, 0.2) is 0 Å². The van der Waals surface area contributed by atoms with Crippen LogP contribution in [0.15, 0.2) is 0 Å². The molecule has 0 N–H and O–H groups in total. The van der Waals surface area contributed by atoms with E-state index in [1.807, 2.05) is 0 Å². The Morgan fingerprint density at radius 1 is 0.714 bits per heavy atom. The van der Waals surface area contributed by atoms with E-state index in [-0.39, 0.29) is 0 Å². The zero-order chi connectivity index (χ0) is 11.4. The van der Waals surface area contributed by atoms with Crippen molar-refractivity contribution in [2.75, 3.05) is 18.5 Å². The molecule has 0 unspecified atom stereocenters. The van der Waals surface area contributed by atoms with Gasteiger partial charge in [-0.25, -0.2) is 0 Å². The third kappa shape index (κ3) is 7.50. The zero-order valence-electron chi connectivity index (χ0n) is 10.7. The van der Waals surface area contributed by atoms with Crippen molar-refractivity contribution in [3.05, 3.63) is 0 Å². The Bertz CT molecular complexity index is 161. The number of hydrogen-bond acceptors (Lipinski definition) is 0. The first-order chi connectivity index (χ1) is 6.25. The molecule has 0 nitrogen and oxygen atoms in total. The van der Waals surface area contributed by atoms with Crippen LogP contribution in [0.4, 0.5) is 0 Å². The Kier molecular flexibility index (Phi) is 7.31. The van der Waals surface area contributed by atoms with Gasteiger partial charge in [0, 0.05) is 0 Å². The van der Waals surface area contributed by atoms with Crippen LogP contribution in [-0.2, 0) is 0 Å². The van der Waals surface area contributed by atoms with Crippen molar-refractivity contribution >= 4 is 25.7 Å². The van der Waals surface area contributed by atoms with Gasteiger partial charge in [-0.2, -0.15) is 0 Å². The summed E-state index contributed by atoms with van der Waals surface area (Å²) >= 11 is 2.51. The van der Waals surface area contributed by atoms with Crippen LogP contribution in [0.2, 0.25) is 0 Å². The molecule has 0 saturated carbocycles. The van der Waals surface area contributed by atoms with Crippen molar-refractivity contribution in [2.45, 2.75) is 41.5 Å². The van der Waals surface area contributed by atoms with Gasteiger partial charge in [-0.05, 0) is 0 Å². The zero-order valence-corrected chi connectivity index (χ0v) is 13.9. The van der Waals surface area contributed by atoms with Gasteiger partial charge in [-0.3, -0.25) is 0 Å². The second-order valence-electron chi connectivity index (χ2n) is 5.79. The van der Waals surface area contributed by atoms with Crippen LogP contribution in [0.3, 0.4) is 0 Å². The molecule has 0 bridgehead atoms. The first kappa shape index (κ1) is 15.2. The van der Waals surface area contributed by atoms with Gasteiger partial charge in [0.25, 0.3) is 0 Å². The van der Waals surface area contributed by atoms with Crippen molar-refractivity contribution < 1.29 is 0 Å². The normalized spacial score (nSPS) is 13.2. The molecule has 86 valence electrons. The van der Waals surface area contributed by atoms with Crippen LogP contribution >= 0.6 is 4.49 Å². The van der Waals surface area contributed by atoms with E-state index in [0.717, 1.165) is 17.8 Å². The van der Waals surface area contributed by atoms with E-state index in [0.29, 0.717) is 0 Å². The molecule has 0 saturated heterocycles. The van der Waals surface area contributed by atoms with Crippen LogP contribution in [0.25, 0.3) is 0 Å². The Hall–Kier alpha value is 1.22. The summed E-state index contributed by atoms with van der Waals surface area (Å²) in [6.45, 7) is 14.3.